The minimum Gasteiger partial charge on any atom is -0.383 e. The summed E-state index contributed by atoms with van der Waals surface area (Å²) in [5.74, 6) is -2.64. The van der Waals surface area contributed by atoms with Crippen LogP contribution >= 0.6 is 0 Å². The summed E-state index contributed by atoms with van der Waals surface area (Å²) in [6.07, 6.45) is -3.03. The largest absolute Gasteiger partial charge is 0.405 e. The van der Waals surface area contributed by atoms with Gasteiger partial charge in [-0.25, -0.2) is 0 Å². The number of nitrogens with one attached hydrogen (secondary N) is 2. The Hall–Kier alpha value is -2.09. The van der Waals surface area contributed by atoms with Crippen LogP contribution < -0.4 is 10.6 Å². The summed E-state index contributed by atoms with van der Waals surface area (Å²) in [6.45, 7) is -1.81. The van der Waals surface area contributed by atoms with Gasteiger partial charge < -0.3 is 15.7 Å². The van der Waals surface area contributed by atoms with Crippen LogP contribution in [-0.4, -0.2) is 36.2 Å². The zero-order valence-electron chi connectivity index (χ0n) is 12.2. The Morgan fingerprint density at radius 2 is 1.57 bits per heavy atom. The highest BCUT2D eigenvalue weighted by atomic mass is 19.4. The van der Waals surface area contributed by atoms with Crippen molar-refractivity contribution in [2.45, 2.75) is 24.6 Å². The smallest absolute Gasteiger partial charge is 0.383 e. The molecule has 0 radical (unpaired) electrons. The van der Waals surface area contributed by atoms with E-state index in [1.54, 1.807) is 30.3 Å². The van der Waals surface area contributed by atoms with Gasteiger partial charge in [-0.3, -0.25) is 9.59 Å². The van der Waals surface area contributed by atoms with Gasteiger partial charge in [0.05, 0.1) is 6.54 Å². The zero-order valence-corrected chi connectivity index (χ0v) is 12.2. The molecule has 1 aromatic rings. The molecule has 0 aromatic heterocycles. The van der Waals surface area contributed by atoms with Crippen LogP contribution in [0, 0.1) is 5.92 Å². The lowest BCUT2D eigenvalue weighted by Crippen LogP contribution is -2.48. The average molecular weight is 330 g/mol. The predicted octanol–water partition coefficient (Wildman–Crippen LogP) is 1.08. The number of carbonyl (C=O) groups is 2. The van der Waals surface area contributed by atoms with Crippen molar-refractivity contribution >= 4 is 11.8 Å². The van der Waals surface area contributed by atoms with Crippen molar-refractivity contribution in [2.75, 3.05) is 13.1 Å². The molecule has 0 heterocycles. The molecule has 0 bridgehead atoms. The molecule has 5 nitrogen and oxygen atoms in total. The molecule has 2 amide bonds. The standard InChI is InChI=1S/C15H17F3N2O3/c16-15(17,18)9-20-13(22)12(21)19-8-14(23,11-6-7-11)10-4-2-1-3-5-10/h1-5,11,23H,6-9H2,(H,19,21)(H,20,22)/t14-/m0/s1. The molecule has 8 heteroatoms. The van der Waals surface area contributed by atoms with E-state index in [9.17, 15) is 27.9 Å². The number of aliphatic hydroxyl groups is 1. The van der Waals surface area contributed by atoms with Crippen molar-refractivity contribution in [1.82, 2.24) is 10.6 Å². The Balaban J connectivity index is 1.94. The molecule has 3 N–H and O–H groups in total. The summed E-state index contributed by atoms with van der Waals surface area (Å²) in [4.78, 5) is 22.9. The summed E-state index contributed by atoms with van der Waals surface area (Å²) < 4.78 is 36.0. The van der Waals surface area contributed by atoms with E-state index < -0.39 is 30.1 Å². The summed E-state index contributed by atoms with van der Waals surface area (Å²) in [6, 6.07) is 8.66. The van der Waals surface area contributed by atoms with E-state index in [0.29, 0.717) is 5.56 Å². The van der Waals surface area contributed by atoms with Gasteiger partial charge in [0.25, 0.3) is 0 Å². The van der Waals surface area contributed by atoms with E-state index in [2.05, 4.69) is 5.32 Å². The first-order chi connectivity index (χ1) is 10.7. The number of benzene rings is 1. The maximum Gasteiger partial charge on any atom is 0.405 e. The molecule has 1 atom stereocenters. The molecule has 1 fully saturated rings. The Morgan fingerprint density at radius 1 is 1.04 bits per heavy atom. The molecule has 0 spiro atoms. The van der Waals surface area contributed by atoms with Gasteiger partial charge in [0, 0.05) is 0 Å². The van der Waals surface area contributed by atoms with Crippen molar-refractivity contribution in [3.05, 3.63) is 35.9 Å². The molecule has 126 valence electrons. The maximum atomic E-state index is 12.0. The Kier molecular flexibility index (Phi) is 4.93. The number of amides is 2. The molecular formula is C15H17F3N2O3. The van der Waals surface area contributed by atoms with Gasteiger partial charge in [-0.15, -0.1) is 0 Å². The number of hydrogen-bond donors (Lipinski definition) is 3. The first kappa shape index (κ1) is 17.3. The van der Waals surface area contributed by atoms with Crippen LogP contribution in [0.15, 0.2) is 30.3 Å². The fourth-order valence-electron chi connectivity index (χ4n) is 2.33. The summed E-state index contributed by atoms with van der Waals surface area (Å²) in [5.41, 5.74) is -0.736. The molecule has 1 aromatic carbocycles. The molecule has 23 heavy (non-hydrogen) atoms. The molecule has 1 aliphatic rings. The van der Waals surface area contributed by atoms with E-state index in [1.807, 2.05) is 0 Å². The van der Waals surface area contributed by atoms with Gasteiger partial charge in [0.15, 0.2) is 0 Å². The lowest BCUT2D eigenvalue weighted by molar-refractivity contribution is -0.146. The molecule has 0 aliphatic heterocycles. The van der Waals surface area contributed by atoms with Crippen LogP contribution in [0.3, 0.4) is 0 Å². The van der Waals surface area contributed by atoms with Crippen molar-refractivity contribution in [1.29, 1.82) is 0 Å². The Labute approximate surface area is 130 Å². The molecule has 0 saturated heterocycles. The molecular weight excluding hydrogens is 313 g/mol. The van der Waals surface area contributed by atoms with Gasteiger partial charge >= 0.3 is 18.0 Å². The number of halogens is 3. The fourth-order valence-corrected chi connectivity index (χ4v) is 2.33. The van der Waals surface area contributed by atoms with E-state index in [-0.39, 0.29) is 12.5 Å². The number of carbonyl (C=O) groups excluding carboxylic acids is 2. The van der Waals surface area contributed by atoms with E-state index >= 15 is 0 Å². The normalized spacial score (nSPS) is 17.2. The SMILES string of the molecule is O=C(NCC(F)(F)F)C(=O)NC[C@](O)(c1ccccc1)C1CC1. The second kappa shape index (κ2) is 6.57. The molecule has 2 rings (SSSR count). The molecule has 1 saturated carbocycles. The lowest BCUT2D eigenvalue weighted by Gasteiger charge is -2.29. The van der Waals surface area contributed by atoms with Crippen LogP contribution in [0.5, 0.6) is 0 Å². The van der Waals surface area contributed by atoms with Gasteiger partial charge in [-0.1, -0.05) is 30.3 Å². The topological polar surface area (TPSA) is 78.4 Å². The second-order valence-corrected chi connectivity index (χ2v) is 5.55. The Morgan fingerprint density at radius 3 is 2.04 bits per heavy atom. The lowest BCUT2D eigenvalue weighted by atomic mass is 9.88. The first-order valence-electron chi connectivity index (χ1n) is 7.13. The fraction of sp³-hybridized carbons (Fsp3) is 0.467. The zero-order chi connectivity index (χ0) is 17.1. The van der Waals surface area contributed by atoms with Crippen LogP contribution in [0.25, 0.3) is 0 Å². The number of alkyl halides is 3. The van der Waals surface area contributed by atoms with Gasteiger partial charge in [-0.2, -0.15) is 13.2 Å². The van der Waals surface area contributed by atoms with Crippen molar-refractivity contribution in [3.8, 4) is 0 Å². The third-order valence-corrected chi connectivity index (χ3v) is 3.70. The van der Waals surface area contributed by atoms with E-state index in [4.69, 9.17) is 0 Å². The highest BCUT2D eigenvalue weighted by molar-refractivity contribution is 6.35. The Bertz CT molecular complexity index is 573. The highest BCUT2D eigenvalue weighted by Gasteiger charge is 2.45. The van der Waals surface area contributed by atoms with Crippen LogP contribution in [-0.2, 0) is 15.2 Å². The molecule has 1 aliphatic carbocycles. The minimum atomic E-state index is -4.59. The number of hydrogen-bond acceptors (Lipinski definition) is 3. The van der Waals surface area contributed by atoms with Crippen molar-refractivity contribution in [3.63, 3.8) is 0 Å². The summed E-state index contributed by atoms with van der Waals surface area (Å²) in [7, 11) is 0. The quantitative estimate of drug-likeness (QED) is 0.707. The summed E-state index contributed by atoms with van der Waals surface area (Å²) >= 11 is 0. The second-order valence-electron chi connectivity index (χ2n) is 5.55. The third kappa shape index (κ3) is 4.69. The number of rotatable bonds is 5. The van der Waals surface area contributed by atoms with Gasteiger partial charge in [0.2, 0.25) is 0 Å². The van der Waals surface area contributed by atoms with E-state index in [1.165, 1.54) is 5.32 Å². The molecule has 0 unspecified atom stereocenters. The minimum absolute atomic E-state index is 0.0524. The highest BCUT2D eigenvalue weighted by Crippen LogP contribution is 2.45. The van der Waals surface area contributed by atoms with Gasteiger partial charge in [0.1, 0.15) is 12.1 Å². The van der Waals surface area contributed by atoms with Crippen LogP contribution in [0.4, 0.5) is 13.2 Å². The summed E-state index contributed by atoms with van der Waals surface area (Å²) in [5, 5.41) is 14.5. The average Bonchev–Trinajstić information content (AvgIpc) is 3.35. The third-order valence-electron chi connectivity index (χ3n) is 3.70. The van der Waals surface area contributed by atoms with Crippen molar-refractivity contribution < 1.29 is 27.9 Å². The van der Waals surface area contributed by atoms with E-state index in [0.717, 1.165) is 12.8 Å². The van der Waals surface area contributed by atoms with Crippen LogP contribution in [0.1, 0.15) is 18.4 Å². The predicted molar refractivity (Wildman–Crippen MR) is 75.1 cm³/mol. The van der Waals surface area contributed by atoms with Crippen molar-refractivity contribution in [2.24, 2.45) is 5.92 Å². The van der Waals surface area contributed by atoms with Crippen LogP contribution in [0.2, 0.25) is 0 Å². The first-order valence-corrected chi connectivity index (χ1v) is 7.13. The maximum absolute atomic E-state index is 12.0. The van der Waals surface area contributed by atoms with Gasteiger partial charge in [-0.05, 0) is 24.3 Å². The monoisotopic (exact) mass is 330 g/mol.